The maximum atomic E-state index is 12.5. The minimum atomic E-state index is -0.0779. The maximum Gasteiger partial charge on any atom is 0.228 e. The van der Waals surface area contributed by atoms with Crippen molar-refractivity contribution in [3.63, 3.8) is 0 Å². The number of carbonyl (C=O) groups is 2. The second-order valence-electron chi connectivity index (χ2n) is 7.25. The molecule has 0 aliphatic carbocycles. The number of anilines is 2. The van der Waals surface area contributed by atoms with Gasteiger partial charge in [-0.05, 0) is 60.0 Å². The summed E-state index contributed by atoms with van der Waals surface area (Å²) < 4.78 is 0. The van der Waals surface area contributed by atoms with Crippen LogP contribution in [0.3, 0.4) is 0 Å². The molecule has 0 unspecified atom stereocenters. The van der Waals surface area contributed by atoms with Crippen molar-refractivity contribution in [2.75, 3.05) is 16.8 Å². The summed E-state index contributed by atoms with van der Waals surface area (Å²) >= 11 is 0. The zero-order chi connectivity index (χ0) is 20.8. The van der Waals surface area contributed by atoms with Gasteiger partial charge in [-0.1, -0.05) is 36.4 Å². The van der Waals surface area contributed by atoms with Crippen LogP contribution in [0.2, 0.25) is 0 Å². The summed E-state index contributed by atoms with van der Waals surface area (Å²) in [6.07, 6.45) is 7.46. The van der Waals surface area contributed by atoms with Gasteiger partial charge in [0.1, 0.15) is 0 Å². The van der Waals surface area contributed by atoms with Crippen molar-refractivity contribution in [3.8, 4) is 0 Å². The summed E-state index contributed by atoms with van der Waals surface area (Å²) in [5.41, 5.74) is 4.43. The average molecular weight is 397 g/mol. The third-order valence-electron chi connectivity index (χ3n) is 4.99. The molecule has 1 saturated heterocycles. The molecule has 5 heteroatoms. The largest absolute Gasteiger partial charge is 0.326 e. The van der Waals surface area contributed by atoms with Gasteiger partial charge in [0, 0.05) is 30.5 Å². The molecule has 1 N–H and O–H groups in total. The van der Waals surface area contributed by atoms with E-state index in [1.807, 2.05) is 78.9 Å². The number of hydrogen-bond acceptors (Lipinski definition) is 3. The number of nitrogens with one attached hydrogen (secondary N) is 1. The molecule has 0 spiro atoms. The van der Waals surface area contributed by atoms with E-state index < -0.39 is 0 Å². The van der Waals surface area contributed by atoms with Crippen LogP contribution in [-0.4, -0.2) is 23.3 Å². The molecule has 150 valence electrons. The second kappa shape index (κ2) is 9.18. The Bertz CT molecular complexity index is 1060. The van der Waals surface area contributed by atoms with Crippen molar-refractivity contribution in [3.05, 3.63) is 89.7 Å². The first-order valence-corrected chi connectivity index (χ1v) is 10.1. The summed E-state index contributed by atoms with van der Waals surface area (Å²) in [6.45, 7) is 0.768. The highest BCUT2D eigenvalue weighted by atomic mass is 16.2. The number of pyridine rings is 1. The molecule has 3 aromatic rings. The Hall–Kier alpha value is -3.73. The number of nitrogens with zero attached hydrogens (tertiary/aromatic N) is 2. The molecule has 0 radical (unpaired) electrons. The summed E-state index contributed by atoms with van der Waals surface area (Å²) in [7, 11) is 0. The van der Waals surface area contributed by atoms with Gasteiger partial charge in [-0.15, -0.1) is 0 Å². The van der Waals surface area contributed by atoms with Gasteiger partial charge in [0.05, 0.1) is 12.1 Å². The predicted molar refractivity (Wildman–Crippen MR) is 120 cm³/mol. The van der Waals surface area contributed by atoms with Gasteiger partial charge in [-0.2, -0.15) is 0 Å². The van der Waals surface area contributed by atoms with Crippen LogP contribution in [0.4, 0.5) is 11.4 Å². The fraction of sp³-hybridized carbons (Fsp3) is 0.160. The van der Waals surface area contributed by atoms with Crippen LogP contribution >= 0.6 is 0 Å². The molecule has 1 aliphatic rings. The summed E-state index contributed by atoms with van der Waals surface area (Å²) in [5.74, 6) is 0.0864. The molecule has 4 rings (SSSR count). The zero-order valence-electron chi connectivity index (χ0n) is 16.6. The lowest BCUT2D eigenvalue weighted by Crippen LogP contribution is -2.23. The quantitative estimate of drug-likeness (QED) is 0.663. The number of carbonyl (C=O) groups excluding carboxylic acids is 2. The molecule has 0 atom stereocenters. The lowest BCUT2D eigenvalue weighted by molar-refractivity contribution is -0.117. The monoisotopic (exact) mass is 397 g/mol. The van der Waals surface area contributed by atoms with Crippen LogP contribution in [0.1, 0.15) is 29.7 Å². The van der Waals surface area contributed by atoms with Gasteiger partial charge < -0.3 is 10.2 Å². The van der Waals surface area contributed by atoms with E-state index in [9.17, 15) is 9.59 Å². The molecule has 1 aliphatic heterocycles. The minimum Gasteiger partial charge on any atom is -0.326 e. The van der Waals surface area contributed by atoms with Crippen molar-refractivity contribution in [2.24, 2.45) is 0 Å². The molecule has 0 saturated carbocycles. The Morgan fingerprint density at radius 1 is 1.03 bits per heavy atom. The van der Waals surface area contributed by atoms with Crippen molar-refractivity contribution >= 4 is 35.3 Å². The number of benzene rings is 2. The topological polar surface area (TPSA) is 62.3 Å². The predicted octanol–water partition coefficient (Wildman–Crippen LogP) is 4.56. The van der Waals surface area contributed by atoms with Crippen LogP contribution in [0.15, 0.2) is 72.9 Å². The summed E-state index contributed by atoms with van der Waals surface area (Å²) in [4.78, 5) is 30.4. The van der Waals surface area contributed by atoms with Crippen LogP contribution in [0, 0.1) is 0 Å². The van der Waals surface area contributed by atoms with E-state index in [4.69, 9.17) is 0 Å². The van der Waals surface area contributed by atoms with Crippen molar-refractivity contribution in [1.82, 2.24) is 4.98 Å². The van der Waals surface area contributed by atoms with Crippen LogP contribution in [0.5, 0.6) is 0 Å². The lowest BCUT2D eigenvalue weighted by Gasteiger charge is -2.15. The first-order chi connectivity index (χ1) is 14.7. The van der Waals surface area contributed by atoms with Crippen molar-refractivity contribution in [1.29, 1.82) is 0 Å². The van der Waals surface area contributed by atoms with Gasteiger partial charge in [0.2, 0.25) is 11.8 Å². The van der Waals surface area contributed by atoms with Crippen LogP contribution in [-0.2, 0) is 16.0 Å². The lowest BCUT2D eigenvalue weighted by atomic mass is 10.1. The van der Waals surface area contributed by atoms with Crippen LogP contribution in [0.25, 0.3) is 12.2 Å². The highest BCUT2D eigenvalue weighted by Gasteiger charge is 2.21. The van der Waals surface area contributed by atoms with E-state index in [0.29, 0.717) is 6.42 Å². The Kier molecular flexibility index (Phi) is 5.99. The zero-order valence-corrected chi connectivity index (χ0v) is 16.6. The second-order valence-corrected chi connectivity index (χ2v) is 7.25. The summed E-state index contributed by atoms with van der Waals surface area (Å²) in [6, 6.07) is 21.1. The molecule has 2 aromatic carbocycles. The molecule has 0 bridgehead atoms. The van der Waals surface area contributed by atoms with E-state index in [-0.39, 0.29) is 18.2 Å². The highest BCUT2D eigenvalue weighted by molar-refractivity contribution is 5.95. The van der Waals surface area contributed by atoms with Gasteiger partial charge in [0.25, 0.3) is 0 Å². The summed E-state index contributed by atoms with van der Waals surface area (Å²) in [5, 5.41) is 2.95. The Labute approximate surface area is 176 Å². The molecule has 2 amide bonds. The molecule has 5 nitrogen and oxygen atoms in total. The average Bonchev–Trinajstić information content (AvgIpc) is 3.20. The van der Waals surface area contributed by atoms with Crippen molar-refractivity contribution < 1.29 is 9.59 Å². The SMILES string of the molecule is O=C(Cc1ccc(N2CCCC2=O)cc1)Nc1cccc(/C=C/c2ccccn2)c1. The van der Waals surface area contributed by atoms with Gasteiger partial charge >= 0.3 is 0 Å². The smallest absolute Gasteiger partial charge is 0.228 e. The number of rotatable bonds is 6. The van der Waals surface area contributed by atoms with Gasteiger partial charge in [0.15, 0.2) is 0 Å². The minimum absolute atomic E-state index is 0.0779. The number of amides is 2. The van der Waals surface area contributed by atoms with E-state index in [1.54, 1.807) is 11.1 Å². The molecular formula is C25H23N3O2. The van der Waals surface area contributed by atoms with Crippen LogP contribution < -0.4 is 10.2 Å². The third-order valence-corrected chi connectivity index (χ3v) is 4.99. The molecule has 30 heavy (non-hydrogen) atoms. The number of hydrogen-bond donors (Lipinski definition) is 1. The first kappa shape index (κ1) is 19.6. The number of aromatic nitrogens is 1. The normalized spacial score (nSPS) is 13.7. The van der Waals surface area contributed by atoms with E-state index in [2.05, 4.69) is 10.3 Å². The fourth-order valence-electron chi connectivity index (χ4n) is 3.48. The molecule has 1 fully saturated rings. The molecule has 1 aromatic heterocycles. The van der Waals surface area contributed by atoms with E-state index in [1.165, 1.54) is 0 Å². The Balaban J connectivity index is 1.36. The van der Waals surface area contributed by atoms with Gasteiger partial charge in [-0.3, -0.25) is 14.6 Å². The maximum absolute atomic E-state index is 12.5. The van der Waals surface area contributed by atoms with E-state index >= 15 is 0 Å². The highest BCUT2D eigenvalue weighted by Crippen LogP contribution is 2.22. The fourth-order valence-corrected chi connectivity index (χ4v) is 3.48. The molecule has 2 heterocycles. The Morgan fingerprint density at radius 3 is 2.63 bits per heavy atom. The first-order valence-electron chi connectivity index (χ1n) is 10.1. The van der Waals surface area contributed by atoms with Gasteiger partial charge in [-0.25, -0.2) is 0 Å². The molecular weight excluding hydrogens is 374 g/mol. The Morgan fingerprint density at radius 2 is 1.90 bits per heavy atom. The standard InChI is InChI=1S/C25H23N3O2/c29-24(18-20-10-13-23(14-11-20)28-16-4-8-25(28)30)27-22-7-3-5-19(17-22)9-12-21-6-1-2-15-26-21/h1-3,5-7,9-15,17H,4,8,16,18H2,(H,27,29)/b12-9+. The van der Waals surface area contributed by atoms with E-state index in [0.717, 1.165) is 41.2 Å². The van der Waals surface area contributed by atoms with Crippen molar-refractivity contribution in [2.45, 2.75) is 19.3 Å². The third kappa shape index (κ3) is 5.00.